The van der Waals surface area contributed by atoms with Crippen molar-refractivity contribution in [3.8, 4) is 0 Å². The van der Waals surface area contributed by atoms with Gasteiger partial charge in [0.05, 0.1) is 6.54 Å². The number of hydrogen-bond donors (Lipinski definition) is 1. The van der Waals surface area contributed by atoms with Gasteiger partial charge in [-0.05, 0) is 0 Å². The maximum absolute atomic E-state index is 10.5. The summed E-state index contributed by atoms with van der Waals surface area (Å²) in [6.45, 7) is 0.339. The van der Waals surface area contributed by atoms with Crippen molar-refractivity contribution in [2.75, 3.05) is 13.6 Å². The first-order valence-electron chi connectivity index (χ1n) is 2.44. The first-order chi connectivity index (χ1) is 4.24. The predicted molar refractivity (Wildman–Crippen MR) is 34.1 cm³/mol. The standard InChI is InChI=1S/C4H6ClN3O/c1-8-2-3(9)6-4(8)7-5/h2H2,1H3,(H,6,7,9). The minimum absolute atomic E-state index is 0.0723. The van der Waals surface area contributed by atoms with Gasteiger partial charge in [0, 0.05) is 18.8 Å². The van der Waals surface area contributed by atoms with Gasteiger partial charge in [-0.15, -0.1) is 4.51 Å². The molecule has 0 aromatic rings. The Morgan fingerprint density at radius 1 is 1.89 bits per heavy atom. The van der Waals surface area contributed by atoms with Crippen molar-refractivity contribution in [2.24, 2.45) is 4.51 Å². The fourth-order valence-electron chi connectivity index (χ4n) is 0.636. The zero-order chi connectivity index (χ0) is 6.85. The summed E-state index contributed by atoms with van der Waals surface area (Å²) in [5.41, 5.74) is 0. The Hall–Kier alpha value is -0.770. The molecule has 1 rings (SSSR count). The number of nitrogens with one attached hydrogen (secondary N) is 1. The zero-order valence-corrected chi connectivity index (χ0v) is 5.64. The van der Waals surface area contributed by atoms with Crippen molar-refractivity contribution in [2.45, 2.75) is 0 Å². The molecule has 1 aliphatic rings. The molecule has 1 amide bonds. The van der Waals surface area contributed by atoms with E-state index in [-0.39, 0.29) is 5.91 Å². The van der Waals surface area contributed by atoms with E-state index < -0.39 is 0 Å². The quantitative estimate of drug-likeness (QED) is 0.505. The number of likely N-dealkylation sites (N-methyl/N-ethyl adjacent to an activating group) is 1. The van der Waals surface area contributed by atoms with Crippen LogP contribution < -0.4 is 5.32 Å². The molecule has 0 saturated carbocycles. The Bertz CT molecular complexity index is 167. The summed E-state index contributed by atoms with van der Waals surface area (Å²) in [5, 5.41) is 2.46. The van der Waals surface area contributed by atoms with Gasteiger partial charge in [-0.25, -0.2) is 0 Å². The molecule has 0 aromatic carbocycles. The van der Waals surface area contributed by atoms with Crippen LogP contribution in [0.1, 0.15) is 0 Å². The number of guanidine groups is 1. The molecule has 0 radical (unpaired) electrons. The van der Waals surface area contributed by atoms with Crippen LogP contribution in [0.2, 0.25) is 0 Å². The average molecular weight is 148 g/mol. The third-order valence-corrected chi connectivity index (χ3v) is 1.23. The Morgan fingerprint density at radius 2 is 2.56 bits per heavy atom. The average Bonchev–Trinajstić information content (AvgIpc) is 2.10. The topological polar surface area (TPSA) is 44.7 Å². The number of amides is 1. The molecule has 1 fully saturated rings. The van der Waals surface area contributed by atoms with Gasteiger partial charge in [-0.2, -0.15) is 0 Å². The van der Waals surface area contributed by atoms with Crippen molar-refractivity contribution in [1.82, 2.24) is 10.2 Å². The monoisotopic (exact) mass is 147 g/mol. The maximum Gasteiger partial charge on any atom is 0.246 e. The molecular weight excluding hydrogens is 142 g/mol. The second-order valence-electron chi connectivity index (χ2n) is 1.81. The molecule has 0 spiro atoms. The Kier molecular flexibility index (Phi) is 1.57. The van der Waals surface area contributed by atoms with Crippen LogP contribution in [-0.2, 0) is 4.79 Å². The highest BCUT2D eigenvalue weighted by atomic mass is 35.5. The van der Waals surface area contributed by atoms with Gasteiger partial charge in [-0.1, -0.05) is 0 Å². The summed E-state index contributed by atoms with van der Waals surface area (Å²) in [7, 11) is 1.74. The van der Waals surface area contributed by atoms with Gasteiger partial charge in [0.1, 0.15) is 0 Å². The van der Waals surface area contributed by atoms with E-state index in [2.05, 4.69) is 9.83 Å². The Balaban J connectivity index is 2.69. The lowest BCUT2D eigenvalue weighted by Gasteiger charge is -2.04. The van der Waals surface area contributed by atoms with Crippen LogP contribution in [0.5, 0.6) is 0 Å². The number of carbonyl (C=O) groups excluding carboxylic acids is 1. The molecule has 4 nitrogen and oxygen atoms in total. The van der Waals surface area contributed by atoms with Crippen LogP contribution >= 0.6 is 11.8 Å². The Labute approximate surface area is 57.6 Å². The highest BCUT2D eigenvalue weighted by Gasteiger charge is 2.20. The molecule has 5 heteroatoms. The molecule has 9 heavy (non-hydrogen) atoms. The minimum atomic E-state index is -0.0723. The molecular formula is C4H6ClN3O. The largest absolute Gasteiger partial charge is 0.335 e. The van der Waals surface area contributed by atoms with Crippen LogP contribution in [0.15, 0.2) is 4.51 Å². The van der Waals surface area contributed by atoms with Crippen LogP contribution in [0, 0.1) is 0 Å². The first-order valence-corrected chi connectivity index (χ1v) is 2.78. The van der Waals surface area contributed by atoms with Gasteiger partial charge in [-0.3, -0.25) is 10.1 Å². The van der Waals surface area contributed by atoms with E-state index in [9.17, 15) is 4.79 Å². The second kappa shape index (κ2) is 2.23. The van der Waals surface area contributed by atoms with E-state index in [1.165, 1.54) is 0 Å². The van der Waals surface area contributed by atoms with Crippen LogP contribution in [0.3, 0.4) is 0 Å². The number of carbonyl (C=O) groups is 1. The van der Waals surface area contributed by atoms with Gasteiger partial charge in [0.15, 0.2) is 0 Å². The van der Waals surface area contributed by atoms with Crippen molar-refractivity contribution in [1.29, 1.82) is 0 Å². The normalized spacial score (nSPS) is 23.1. The van der Waals surface area contributed by atoms with E-state index in [0.29, 0.717) is 12.5 Å². The molecule has 1 heterocycles. The minimum Gasteiger partial charge on any atom is -0.335 e. The smallest absolute Gasteiger partial charge is 0.246 e. The molecule has 0 unspecified atom stereocenters. The van der Waals surface area contributed by atoms with Crippen LogP contribution in [-0.4, -0.2) is 30.4 Å². The molecule has 0 bridgehead atoms. The predicted octanol–water partition coefficient (Wildman–Crippen LogP) is -0.442. The number of hydrogen-bond acceptors (Lipinski definition) is 2. The van der Waals surface area contributed by atoms with E-state index in [0.717, 1.165) is 0 Å². The lowest BCUT2D eigenvalue weighted by Crippen LogP contribution is -2.26. The molecule has 50 valence electrons. The van der Waals surface area contributed by atoms with E-state index in [1.54, 1.807) is 11.9 Å². The fraction of sp³-hybridized carbons (Fsp3) is 0.500. The molecule has 1 N–H and O–H groups in total. The van der Waals surface area contributed by atoms with Gasteiger partial charge >= 0.3 is 0 Å². The first kappa shape index (κ1) is 6.35. The van der Waals surface area contributed by atoms with Crippen molar-refractivity contribution < 1.29 is 4.79 Å². The van der Waals surface area contributed by atoms with Gasteiger partial charge < -0.3 is 4.90 Å². The van der Waals surface area contributed by atoms with Crippen molar-refractivity contribution >= 4 is 23.6 Å². The third kappa shape index (κ3) is 1.13. The lowest BCUT2D eigenvalue weighted by molar-refractivity contribution is -0.118. The number of nitrogens with zero attached hydrogens (tertiary/aromatic N) is 2. The summed E-state index contributed by atoms with van der Waals surface area (Å²) in [6, 6.07) is 0. The fourth-order valence-corrected chi connectivity index (χ4v) is 0.807. The SMILES string of the molecule is CN1CC(=O)N/C1=N/Cl. The van der Waals surface area contributed by atoms with E-state index >= 15 is 0 Å². The third-order valence-electron chi connectivity index (χ3n) is 1.07. The van der Waals surface area contributed by atoms with Gasteiger partial charge in [0.2, 0.25) is 11.9 Å². The summed E-state index contributed by atoms with van der Waals surface area (Å²) < 4.78 is 3.30. The molecule has 1 saturated heterocycles. The molecule has 0 aliphatic carbocycles. The van der Waals surface area contributed by atoms with Crippen molar-refractivity contribution in [3.05, 3.63) is 0 Å². The van der Waals surface area contributed by atoms with E-state index in [4.69, 9.17) is 11.8 Å². The van der Waals surface area contributed by atoms with Crippen LogP contribution in [0.4, 0.5) is 0 Å². The van der Waals surface area contributed by atoms with Crippen molar-refractivity contribution in [3.63, 3.8) is 0 Å². The van der Waals surface area contributed by atoms with E-state index in [1.807, 2.05) is 0 Å². The number of halogens is 1. The molecule has 0 aromatic heterocycles. The summed E-state index contributed by atoms with van der Waals surface area (Å²) >= 11 is 5.10. The highest BCUT2D eigenvalue weighted by molar-refractivity contribution is 6.21. The zero-order valence-electron chi connectivity index (χ0n) is 4.89. The van der Waals surface area contributed by atoms with Gasteiger partial charge in [0.25, 0.3) is 0 Å². The summed E-state index contributed by atoms with van der Waals surface area (Å²) in [6.07, 6.45) is 0. The molecule has 1 aliphatic heterocycles. The Morgan fingerprint density at radius 3 is 2.78 bits per heavy atom. The molecule has 0 atom stereocenters. The summed E-state index contributed by atoms with van der Waals surface area (Å²) in [4.78, 5) is 12.2. The maximum atomic E-state index is 10.5. The number of rotatable bonds is 0. The van der Waals surface area contributed by atoms with Crippen LogP contribution in [0.25, 0.3) is 0 Å². The highest BCUT2D eigenvalue weighted by Crippen LogP contribution is 1.94. The lowest BCUT2D eigenvalue weighted by atomic mass is 10.6. The summed E-state index contributed by atoms with van der Waals surface area (Å²) in [5.74, 6) is 0.346. The second-order valence-corrected chi connectivity index (χ2v) is 1.98.